The molecule has 0 heterocycles. The summed E-state index contributed by atoms with van der Waals surface area (Å²) in [5.74, 6) is 0.568. The number of carbonyl (C=O) groups is 1. The Labute approximate surface area is 148 Å². The third-order valence-corrected chi connectivity index (χ3v) is 5.83. The van der Waals surface area contributed by atoms with Crippen LogP contribution >= 0.6 is 0 Å². The number of esters is 1. The smallest absolute Gasteiger partial charge is 0.493 e. The number of benzene rings is 2. The van der Waals surface area contributed by atoms with Gasteiger partial charge < -0.3 is 23.1 Å². The van der Waals surface area contributed by atoms with Crippen LogP contribution in [0.25, 0.3) is 0 Å². The second kappa shape index (κ2) is 9.33. The van der Waals surface area contributed by atoms with Crippen LogP contribution in [-0.4, -0.2) is 40.4 Å². The summed E-state index contributed by atoms with van der Waals surface area (Å²) in [6.45, 7) is 0.387. The summed E-state index contributed by atoms with van der Waals surface area (Å²) >= 11 is 0. The van der Waals surface area contributed by atoms with Gasteiger partial charge in [-0.3, -0.25) is 0 Å². The van der Waals surface area contributed by atoms with Crippen molar-refractivity contribution in [3.63, 3.8) is 0 Å². The maximum Gasteiger partial charge on any atom is 0.497 e. The van der Waals surface area contributed by atoms with E-state index >= 15 is 0 Å². The average Bonchev–Trinajstić information content (AvgIpc) is 2.66. The summed E-state index contributed by atoms with van der Waals surface area (Å²) in [6, 6.07) is 16.0. The van der Waals surface area contributed by atoms with Gasteiger partial charge in [-0.2, -0.15) is 0 Å². The fourth-order valence-electron chi connectivity index (χ4n) is 2.14. The van der Waals surface area contributed by atoms with E-state index in [0.717, 1.165) is 0 Å². The predicted octanol–water partition coefficient (Wildman–Crippen LogP) is 2.90. The quantitative estimate of drug-likeness (QED) is 0.320. The zero-order valence-corrected chi connectivity index (χ0v) is 15.3. The van der Waals surface area contributed by atoms with Gasteiger partial charge in [-0.05, 0) is 30.7 Å². The van der Waals surface area contributed by atoms with Gasteiger partial charge in [-0.1, -0.05) is 24.3 Å². The third kappa shape index (κ3) is 5.99. The number of hydrogen-bond acceptors (Lipinski definition) is 6. The molecule has 0 saturated carbocycles. The Morgan fingerprint density at radius 2 is 1.68 bits per heavy atom. The molecule has 0 unspecified atom stereocenters. The standard InChI is InChI=1S/C18H22O6Si/c1-21-25(20,22-2)13-7-12-23-16-10-6-11-17(14-16)24-18(19)15-8-4-3-5-9-15/h3-6,8-11,14,20H,7,12-13H2,1-2H3. The molecule has 0 aliphatic carbocycles. The van der Waals surface area contributed by atoms with Crippen LogP contribution in [0.5, 0.6) is 11.5 Å². The topological polar surface area (TPSA) is 74.2 Å². The molecule has 134 valence electrons. The first-order valence-electron chi connectivity index (χ1n) is 7.89. The van der Waals surface area contributed by atoms with E-state index < -0.39 is 14.8 Å². The molecule has 0 amide bonds. The molecule has 2 rings (SSSR count). The highest BCUT2D eigenvalue weighted by molar-refractivity contribution is 6.59. The molecule has 2 aromatic rings. The van der Waals surface area contributed by atoms with Gasteiger partial charge in [-0.15, -0.1) is 0 Å². The Kier molecular flexibility index (Phi) is 7.14. The van der Waals surface area contributed by atoms with Crippen molar-refractivity contribution in [3.8, 4) is 11.5 Å². The Bertz CT molecular complexity index is 672. The van der Waals surface area contributed by atoms with Crippen LogP contribution < -0.4 is 9.47 Å². The summed E-state index contributed by atoms with van der Waals surface area (Å²) in [7, 11) is -0.192. The molecule has 0 spiro atoms. The van der Waals surface area contributed by atoms with Crippen molar-refractivity contribution in [2.75, 3.05) is 20.8 Å². The van der Waals surface area contributed by atoms with E-state index in [0.29, 0.717) is 36.1 Å². The van der Waals surface area contributed by atoms with E-state index in [1.807, 2.05) is 6.07 Å². The third-order valence-electron chi connectivity index (χ3n) is 3.57. The zero-order valence-electron chi connectivity index (χ0n) is 14.3. The summed E-state index contributed by atoms with van der Waals surface area (Å²) in [4.78, 5) is 22.0. The lowest BCUT2D eigenvalue weighted by Gasteiger charge is -2.19. The molecule has 7 heteroatoms. The Balaban J connectivity index is 1.86. The molecule has 0 radical (unpaired) electrons. The molecule has 2 aromatic carbocycles. The molecule has 0 fully saturated rings. The first-order chi connectivity index (χ1) is 12.1. The van der Waals surface area contributed by atoms with E-state index in [-0.39, 0.29) is 0 Å². The summed E-state index contributed by atoms with van der Waals surface area (Å²) in [5.41, 5.74) is 0.484. The number of ether oxygens (including phenoxy) is 2. The lowest BCUT2D eigenvalue weighted by molar-refractivity contribution is 0.0734. The Hall–Kier alpha value is -2.19. The van der Waals surface area contributed by atoms with Gasteiger partial charge in [-0.25, -0.2) is 4.79 Å². The zero-order chi connectivity index (χ0) is 18.1. The van der Waals surface area contributed by atoms with Crippen LogP contribution in [0.15, 0.2) is 54.6 Å². The molecule has 0 saturated heterocycles. The summed E-state index contributed by atoms with van der Waals surface area (Å²) < 4.78 is 21.0. The van der Waals surface area contributed by atoms with Crippen molar-refractivity contribution in [1.82, 2.24) is 0 Å². The van der Waals surface area contributed by atoms with Gasteiger partial charge in [0, 0.05) is 26.3 Å². The molecule has 0 aromatic heterocycles. The average molecular weight is 362 g/mol. The van der Waals surface area contributed by atoms with E-state index in [4.69, 9.17) is 18.3 Å². The second-order valence-corrected chi connectivity index (χ2v) is 8.05. The maximum absolute atomic E-state index is 12.0. The van der Waals surface area contributed by atoms with Gasteiger partial charge in [0.05, 0.1) is 12.2 Å². The fourth-order valence-corrected chi connectivity index (χ4v) is 3.31. The SMILES string of the molecule is CO[Si](O)(CCCOc1cccc(OC(=O)c2ccccc2)c1)OC. The molecular weight excluding hydrogens is 340 g/mol. The minimum atomic E-state index is -3.06. The minimum absolute atomic E-state index is 0.387. The van der Waals surface area contributed by atoms with Gasteiger partial charge in [0.1, 0.15) is 11.5 Å². The highest BCUT2D eigenvalue weighted by Gasteiger charge is 2.33. The number of rotatable bonds is 9. The molecular formula is C18H22O6Si. The van der Waals surface area contributed by atoms with Crippen molar-refractivity contribution in [2.45, 2.75) is 12.5 Å². The van der Waals surface area contributed by atoms with Crippen molar-refractivity contribution in [2.24, 2.45) is 0 Å². The van der Waals surface area contributed by atoms with Crippen LogP contribution in [0.2, 0.25) is 6.04 Å². The summed E-state index contributed by atoms with van der Waals surface area (Å²) in [6.07, 6.45) is 0.582. The minimum Gasteiger partial charge on any atom is -0.493 e. The van der Waals surface area contributed by atoms with E-state index in [1.165, 1.54) is 14.2 Å². The maximum atomic E-state index is 12.0. The lowest BCUT2D eigenvalue weighted by Crippen LogP contribution is -2.40. The van der Waals surface area contributed by atoms with Gasteiger partial charge in [0.15, 0.2) is 0 Å². The molecule has 25 heavy (non-hydrogen) atoms. The van der Waals surface area contributed by atoms with Crippen molar-refractivity contribution in [3.05, 3.63) is 60.2 Å². The van der Waals surface area contributed by atoms with Crippen LogP contribution in [0.4, 0.5) is 0 Å². The fraction of sp³-hybridized carbons (Fsp3) is 0.278. The van der Waals surface area contributed by atoms with Crippen LogP contribution in [-0.2, 0) is 8.85 Å². The molecule has 6 nitrogen and oxygen atoms in total. The summed E-state index contributed by atoms with van der Waals surface area (Å²) in [5, 5.41) is 0. The van der Waals surface area contributed by atoms with E-state index in [2.05, 4.69) is 0 Å². The highest BCUT2D eigenvalue weighted by atomic mass is 28.4. The highest BCUT2D eigenvalue weighted by Crippen LogP contribution is 2.21. The van der Waals surface area contributed by atoms with Gasteiger partial charge in [0.2, 0.25) is 0 Å². The molecule has 1 N–H and O–H groups in total. The first kappa shape index (κ1) is 19.1. The predicted molar refractivity (Wildman–Crippen MR) is 94.8 cm³/mol. The van der Waals surface area contributed by atoms with Crippen molar-refractivity contribution >= 4 is 14.8 Å². The van der Waals surface area contributed by atoms with Gasteiger partial charge >= 0.3 is 14.8 Å². The van der Waals surface area contributed by atoms with Crippen molar-refractivity contribution in [1.29, 1.82) is 0 Å². The largest absolute Gasteiger partial charge is 0.497 e. The normalized spacial score (nSPS) is 11.2. The molecule has 0 aliphatic heterocycles. The monoisotopic (exact) mass is 362 g/mol. The second-order valence-electron chi connectivity index (χ2n) is 5.30. The number of hydrogen-bond donors (Lipinski definition) is 1. The molecule has 0 aliphatic rings. The van der Waals surface area contributed by atoms with Crippen LogP contribution in [0.1, 0.15) is 16.8 Å². The Morgan fingerprint density at radius 3 is 2.36 bits per heavy atom. The Morgan fingerprint density at radius 1 is 1.00 bits per heavy atom. The van der Waals surface area contributed by atoms with Crippen molar-refractivity contribution < 1.29 is 27.9 Å². The lowest BCUT2D eigenvalue weighted by atomic mass is 10.2. The van der Waals surface area contributed by atoms with E-state index in [1.54, 1.807) is 48.5 Å². The van der Waals surface area contributed by atoms with Crippen LogP contribution in [0.3, 0.4) is 0 Å². The van der Waals surface area contributed by atoms with Crippen LogP contribution in [0, 0.1) is 0 Å². The van der Waals surface area contributed by atoms with E-state index in [9.17, 15) is 9.59 Å². The molecule has 0 bridgehead atoms. The molecule has 0 atom stereocenters. The van der Waals surface area contributed by atoms with Gasteiger partial charge in [0.25, 0.3) is 0 Å². The number of carbonyl (C=O) groups excluding carboxylic acids is 1. The first-order valence-corrected chi connectivity index (χ1v) is 9.86.